The largest absolute Gasteiger partial charge is 0.573 e. The Hall–Kier alpha value is -2.79. The number of carboxylic acids is 1. The lowest BCUT2D eigenvalue weighted by atomic mass is 10.1. The van der Waals surface area contributed by atoms with Gasteiger partial charge in [-0.2, -0.15) is 4.31 Å². The molecule has 1 heterocycles. The summed E-state index contributed by atoms with van der Waals surface area (Å²) < 4.78 is 69.6. The van der Waals surface area contributed by atoms with Gasteiger partial charge >= 0.3 is 12.3 Å². The Bertz CT molecular complexity index is 1170. The number of piperazine rings is 1. The van der Waals surface area contributed by atoms with Crippen LogP contribution in [0.4, 0.5) is 18.9 Å². The van der Waals surface area contributed by atoms with Crippen molar-refractivity contribution >= 4 is 21.7 Å². The standard InChI is InChI=1S/C23H25F3N2O5S/c1-14-12-27(19-4-6-20(7-5-19)33-23(24,25)26)13-15(2)28(14)34(31,32)21-8-3-16-9-18(22(29)30)10-17(16)11-21/h3-8,11,14-15,18H,9-10,12-13H2,1-2H3,(H,29,30)/t14-,15+,18?. The summed E-state index contributed by atoms with van der Waals surface area (Å²) in [7, 11) is -3.84. The Labute approximate surface area is 195 Å². The second-order valence-corrected chi connectivity index (χ2v) is 10.7. The second-order valence-electron chi connectivity index (χ2n) is 8.85. The number of rotatable bonds is 5. The van der Waals surface area contributed by atoms with Gasteiger partial charge in [0, 0.05) is 30.9 Å². The Morgan fingerprint density at radius 3 is 2.15 bits per heavy atom. The lowest BCUT2D eigenvalue weighted by Gasteiger charge is -2.44. The number of sulfonamides is 1. The van der Waals surface area contributed by atoms with Crippen molar-refractivity contribution in [1.82, 2.24) is 4.31 Å². The van der Waals surface area contributed by atoms with Gasteiger partial charge in [-0.15, -0.1) is 13.2 Å². The Morgan fingerprint density at radius 2 is 1.59 bits per heavy atom. The third-order valence-corrected chi connectivity index (χ3v) is 8.43. The summed E-state index contributed by atoms with van der Waals surface area (Å²) in [5.41, 5.74) is 2.27. The van der Waals surface area contributed by atoms with Crippen LogP contribution in [0.3, 0.4) is 0 Å². The molecule has 1 aliphatic carbocycles. The molecule has 2 aromatic rings. The summed E-state index contributed by atoms with van der Waals surface area (Å²) in [6, 6.07) is 9.50. The van der Waals surface area contributed by atoms with Gasteiger partial charge in [-0.3, -0.25) is 4.79 Å². The topological polar surface area (TPSA) is 87.2 Å². The zero-order chi connectivity index (χ0) is 24.8. The van der Waals surface area contributed by atoms with Crippen molar-refractivity contribution in [3.05, 3.63) is 53.6 Å². The van der Waals surface area contributed by atoms with E-state index in [2.05, 4.69) is 4.74 Å². The first-order valence-electron chi connectivity index (χ1n) is 10.8. The molecule has 1 fully saturated rings. The highest BCUT2D eigenvalue weighted by molar-refractivity contribution is 7.89. The van der Waals surface area contributed by atoms with Crippen LogP contribution in [0, 0.1) is 5.92 Å². The lowest BCUT2D eigenvalue weighted by molar-refractivity contribution is -0.274. The van der Waals surface area contributed by atoms with E-state index in [1.807, 2.05) is 4.90 Å². The van der Waals surface area contributed by atoms with Crippen LogP contribution in [-0.4, -0.2) is 55.3 Å². The number of ether oxygens (including phenoxy) is 1. The van der Waals surface area contributed by atoms with Gasteiger partial charge in [0.2, 0.25) is 10.0 Å². The molecule has 184 valence electrons. The van der Waals surface area contributed by atoms with Crippen LogP contribution < -0.4 is 9.64 Å². The number of fused-ring (bicyclic) bond motifs is 1. The third-order valence-electron chi connectivity index (χ3n) is 6.31. The van der Waals surface area contributed by atoms with Crippen molar-refractivity contribution < 1.29 is 36.2 Å². The molecule has 0 spiro atoms. The van der Waals surface area contributed by atoms with Crippen LogP contribution in [0.2, 0.25) is 0 Å². The van der Waals surface area contributed by atoms with E-state index >= 15 is 0 Å². The van der Waals surface area contributed by atoms with Crippen molar-refractivity contribution in [3.8, 4) is 5.75 Å². The smallest absolute Gasteiger partial charge is 0.481 e. The maximum Gasteiger partial charge on any atom is 0.573 e. The first kappa shape index (κ1) is 24.3. The molecule has 4 rings (SSSR count). The SMILES string of the molecule is C[C@@H]1CN(c2ccc(OC(F)(F)F)cc2)C[C@H](C)N1S(=O)(=O)c1ccc2c(c1)CC(C(=O)O)C2. The van der Waals surface area contributed by atoms with Gasteiger partial charge < -0.3 is 14.7 Å². The number of hydrogen-bond acceptors (Lipinski definition) is 5. The van der Waals surface area contributed by atoms with Crippen LogP contribution in [-0.2, 0) is 27.7 Å². The molecular formula is C23H25F3N2O5S. The summed E-state index contributed by atoms with van der Waals surface area (Å²) in [5, 5.41) is 9.28. The van der Waals surface area contributed by atoms with Gasteiger partial charge in [0.1, 0.15) is 5.75 Å². The van der Waals surface area contributed by atoms with E-state index in [1.165, 1.54) is 34.6 Å². The maximum absolute atomic E-state index is 13.5. The molecule has 1 N–H and O–H groups in total. The van der Waals surface area contributed by atoms with E-state index in [0.717, 1.165) is 11.1 Å². The minimum absolute atomic E-state index is 0.137. The van der Waals surface area contributed by atoms with Crippen molar-refractivity contribution in [2.75, 3.05) is 18.0 Å². The van der Waals surface area contributed by atoms with E-state index in [1.54, 1.807) is 26.0 Å². The molecule has 7 nitrogen and oxygen atoms in total. The van der Waals surface area contributed by atoms with Crippen molar-refractivity contribution in [1.29, 1.82) is 0 Å². The van der Waals surface area contributed by atoms with Crippen LogP contribution in [0.25, 0.3) is 0 Å². The number of carboxylic acid groups (broad SMARTS) is 1. The minimum atomic E-state index is -4.77. The molecule has 0 saturated carbocycles. The second kappa shape index (κ2) is 8.77. The van der Waals surface area contributed by atoms with E-state index in [-0.39, 0.29) is 10.6 Å². The molecule has 2 aliphatic rings. The molecule has 0 radical (unpaired) electrons. The zero-order valence-electron chi connectivity index (χ0n) is 18.6. The van der Waals surface area contributed by atoms with Gasteiger partial charge in [0.15, 0.2) is 0 Å². The van der Waals surface area contributed by atoms with Crippen molar-refractivity contribution in [3.63, 3.8) is 0 Å². The number of benzene rings is 2. The number of hydrogen-bond donors (Lipinski definition) is 1. The fourth-order valence-corrected chi connectivity index (χ4v) is 6.76. The molecule has 1 unspecified atom stereocenters. The molecular weight excluding hydrogens is 473 g/mol. The van der Waals surface area contributed by atoms with Gasteiger partial charge in [-0.05, 0) is 74.2 Å². The van der Waals surface area contributed by atoms with Crippen molar-refractivity contribution in [2.45, 2.75) is 50.0 Å². The first-order chi connectivity index (χ1) is 15.8. The Balaban J connectivity index is 1.51. The van der Waals surface area contributed by atoms with E-state index in [0.29, 0.717) is 31.6 Å². The van der Waals surface area contributed by atoms with Gasteiger partial charge in [-0.1, -0.05) is 6.07 Å². The van der Waals surface area contributed by atoms with Gasteiger partial charge in [0.05, 0.1) is 10.8 Å². The monoisotopic (exact) mass is 498 g/mol. The quantitative estimate of drug-likeness (QED) is 0.677. The minimum Gasteiger partial charge on any atom is -0.481 e. The predicted molar refractivity (Wildman–Crippen MR) is 118 cm³/mol. The van der Waals surface area contributed by atoms with E-state index in [4.69, 9.17) is 0 Å². The number of halogens is 3. The zero-order valence-corrected chi connectivity index (χ0v) is 19.4. The predicted octanol–water partition coefficient (Wildman–Crippen LogP) is 3.67. The Kier molecular flexibility index (Phi) is 6.28. The summed E-state index contributed by atoms with van der Waals surface area (Å²) in [6.45, 7) is 4.29. The summed E-state index contributed by atoms with van der Waals surface area (Å²) >= 11 is 0. The fraction of sp³-hybridized carbons (Fsp3) is 0.435. The van der Waals surface area contributed by atoms with Gasteiger partial charge in [-0.25, -0.2) is 8.42 Å². The van der Waals surface area contributed by atoms with Crippen LogP contribution in [0.1, 0.15) is 25.0 Å². The number of carbonyl (C=O) groups is 1. The number of alkyl halides is 3. The Morgan fingerprint density at radius 1 is 1.00 bits per heavy atom. The molecule has 3 atom stereocenters. The molecule has 1 aliphatic heterocycles. The lowest BCUT2D eigenvalue weighted by Crippen LogP contribution is -2.58. The highest BCUT2D eigenvalue weighted by atomic mass is 32.2. The van der Waals surface area contributed by atoms with Crippen LogP contribution >= 0.6 is 0 Å². The third kappa shape index (κ3) is 4.85. The number of aliphatic carboxylic acids is 1. The van der Waals surface area contributed by atoms with Gasteiger partial charge in [0.25, 0.3) is 0 Å². The fourth-order valence-electron chi connectivity index (χ4n) is 4.90. The summed E-state index contributed by atoms with van der Waals surface area (Å²) in [5.74, 6) is -1.75. The molecule has 0 bridgehead atoms. The summed E-state index contributed by atoms with van der Waals surface area (Å²) in [6.07, 6.45) is -4.07. The average molecular weight is 499 g/mol. The molecule has 0 aromatic heterocycles. The number of anilines is 1. The first-order valence-corrected chi connectivity index (χ1v) is 12.3. The number of nitrogens with zero attached hydrogens (tertiary/aromatic N) is 2. The van der Waals surface area contributed by atoms with E-state index in [9.17, 15) is 31.5 Å². The molecule has 1 saturated heterocycles. The van der Waals surface area contributed by atoms with Crippen LogP contribution in [0.5, 0.6) is 5.75 Å². The average Bonchev–Trinajstić information content (AvgIpc) is 3.16. The summed E-state index contributed by atoms with van der Waals surface area (Å²) in [4.78, 5) is 13.4. The highest BCUT2D eigenvalue weighted by Gasteiger charge is 2.39. The maximum atomic E-state index is 13.5. The highest BCUT2D eigenvalue weighted by Crippen LogP contribution is 2.33. The normalized spacial score (nSPS) is 23.6. The van der Waals surface area contributed by atoms with Crippen LogP contribution in [0.15, 0.2) is 47.4 Å². The molecule has 2 aromatic carbocycles. The van der Waals surface area contributed by atoms with Crippen molar-refractivity contribution in [2.24, 2.45) is 5.92 Å². The molecule has 0 amide bonds. The van der Waals surface area contributed by atoms with E-state index < -0.39 is 40.4 Å². The molecule has 11 heteroatoms. The molecule has 34 heavy (non-hydrogen) atoms.